The highest BCUT2D eigenvalue weighted by Crippen LogP contribution is 2.29. The molecule has 0 unspecified atom stereocenters. The molecule has 55 heavy (non-hydrogen) atoms. The summed E-state index contributed by atoms with van der Waals surface area (Å²) in [7, 11) is 0. The van der Waals surface area contributed by atoms with Crippen LogP contribution in [0.2, 0.25) is 0 Å². The zero-order chi connectivity index (χ0) is 38.7. The zero-order valence-corrected chi connectivity index (χ0v) is 32.3. The molecule has 0 radical (unpaired) electrons. The summed E-state index contributed by atoms with van der Waals surface area (Å²) < 4.78 is 0. The predicted octanol–water partition coefficient (Wildman–Crippen LogP) is 4.47. The van der Waals surface area contributed by atoms with Gasteiger partial charge in [-0.15, -0.1) is 0 Å². The monoisotopic (exact) mass is 753 g/mol. The van der Waals surface area contributed by atoms with Crippen LogP contribution in [0.5, 0.6) is 0 Å². The van der Waals surface area contributed by atoms with Gasteiger partial charge in [0.25, 0.3) is 0 Å². The molecule has 3 heterocycles. The standard InChI is InChI=1S/C43H59N7O5/c1-2-3-19-34-42(54)50(28-30-16-8-5-9-17-30)38(21-12-23-44)43(55)49-24-13-22-37(49)41(53)48-35(25-29-14-6-4-7-15-29)39(51)47-36(40(52)46-34)26-31-27-45-33-20-11-10-18-32(31)33/h5,8-11,16-18,20,27,29,34-38,45H,2-4,6-7,12-15,19,21-26,28,44H2,1H3,(H,46,52)(H,47,51)(H,48,53)/t34-,35-,36-,37-,38-/m0/s1. The fraction of sp³-hybridized carbons (Fsp3) is 0.558. The molecule has 6 N–H and O–H groups in total. The number of hydrogen-bond acceptors (Lipinski definition) is 6. The lowest BCUT2D eigenvalue weighted by atomic mass is 9.84. The summed E-state index contributed by atoms with van der Waals surface area (Å²) in [5.41, 5.74) is 8.60. The first-order valence-electron chi connectivity index (χ1n) is 20.6. The van der Waals surface area contributed by atoms with E-state index < -0.39 is 42.0 Å². The molecule has 1 aromatic heterocycles. The number of carbonyl (C=O) groups is 5. The van der Waals surface area contributed by atoms with Gasteiger partial charge in [0, 0.05) is 36.6 Å². The second-order valence-electron chi connectivity index (χ2n) is 15.7. The van der Waals surface area contributed by atoms with E-state index in [1.807, 2.05) is 67.7 Å². The van der Waals surface area contributed by atoms with Crippen LogP contribution in [0.25, 0.3) is 10.9 Å². The summed E-state index contributed by atoms with van der Waals surface area (Å²) >= 11 is 0. The van der Waals surface area contributed by atoms with E-state index in [4.69, 9.17) is 5.73 Å². The maximum Gasteiger partial charge on any atom is 0.246 e. The van der Waals surface area contributed by atoms with Crippen LogP contribution in [0.15, 0.2) is 60.8 Å². The molecule has 0 spiro atoms. The molecule has 2 aromatic carbocycles. The van der Waals surface area contributed by atoms with Crippen LogP contribution >= 0.6 is 0 Å². The summed E-state index contributed by atoms with van der Waals surface area (Å²) in [6.07, 6.45) is 11.4. The highest BCUT2D eigenvalue weighted by Gasteiger charge is 2.43. The summed E-state index contributed by atoms with van der Waals surface area (Å²) in [4.78, 5) is 79.6. The molecule has 12 heteroatoms. The van der Waals surface area contributed by atoms with Crippen molar-refractivity contribution in [1.29, 1.82) is 0 Å². The number of nitrogens with one attached hydrogen (secondary N) is 4. The van der Waals surface area contributed by atoms with Gasteiger partial charge in [-0.25, -0.2) is 0 Å². The smallest absolute Gasteiger partial charge is 0.246 e. The number of amides is 5. The van der Waals surface area contributed by atoms with Gasteiger partial charge in [0.1, 0.15) is 30.2 Å². The Kier molecular flexibility index (Phi) is 14.0. The van der Waals surface area contributed by atoms with E-state index in [1.54, 1.807) is 9.80 Å². The Morgan fingerprint density at radius 1 is 0.727 bits per heavy atom. The van der Waals surface area contributed by atoms with Gasteiger partial charge < -0.3 is 36.5 Å². The third-order valence-electron chi connectivity index (χ3n) is 11.8. The molecule has 3 aliphatic rings. The summed E-state index contributed by atoms with van der Waals surface area (Å²) in [6, 6.07) is 12.7. The Labute approximate surface area is 324 Å². The topological polar surface area (TPSA) is 170 Å². The first-order valence-corrected chi connectivity index (χ1v) is 20.6. The number of nitrogens with two attached hydrogens (primary N) is 1. The minimum absolute atomic E-state index is 0.142. The fourth-order valence-electron chi connectivity index (χ4n) is 8.74. The number of aromatic nitrogens is 1. The molecule has 2 aliphatic heterocycles. The quantitative estimate of drug-likeness (QED) is 0.183. The van der Waals surface area contributed by atoms with E-state index in [0.717, 1.165) is 60.6 Å². The molecule has 12 nitrogen and oxygen atoms in total. The maximum absolute atomic E-state index is 15.0. The van der Waals surface area contributed by atoms with Crippen molar-refractivity contribution in [3.05, 3.63) is 71.9 Å². The molecule has 1 aliphatic carbocycles. The molecule has 1 saturated carbocycles. The van der Waals surface area contributed by atoms with Gasteiger partial charge in [-0.1, -0.05) is 100 Å². The van der Waals surface area contributed by atoms with Crippen molar-refractivity contribution in [3.63, 3.8) is 0 Å². The van der Waals surface area contributed by atoms with Crippen molar-refractivity contribution in [1.82, 2.24) is 30.7 Å². The van der Waals surface area contributed by atoms with Crippen molar-refractivity contribution in [2.75, 3.05) is 13.1 Å². The van der Waals surface area contributed by atoms with Crippen molar-refractivity contribution in [3.8, 4) is 0 Å². The lowest BCUT2D eigenvalue weighted by Crippen LogP contribution is -2.59. The predicted molar refractivity (Wildman–Crippen MR) is 212 cm³/mol. The third kappa shape index (κ3) is 9.94. The molecule has 3 aromatic rings. The van der Waals surface area contributed by atoms with Crippen LogP contribution in [0.4, 0.5) is 0 Å². The average molecular weight is 754 g/mol. The number of carbonyl (C=O) groups excluding carboxylic acids is 5. The van der Waals surface area contributed by atoms with Crippen molar-refractivity contribution in [2.45, 2.75) is 134 Å². The second-order valence-corrected chi connectivity index (χ2v) is 15.7. The average Bonchev–Trinajstić information content (AvgIpc) is 3.87. The van der Waals surface area contributed by atoms with Crippen LogP contribution in [0, 0.1) is 5.92 Å². The van der Waals surface area contributed by atoms with Gasteiger partial charge >= 0.3 is 0 Å². The van der Waals surface area contributed by atoms with Gasteiger partial charge in [-0.2, -0.15) is 0 Å². The number of hydrogen-bond donors (Lipinski definition) is 5. The van der Waals surface area contributed by atoms with E-state index in [0.29, 0.717) is 58.0 Å². The number of unbranched alkanes of at least 4 members (excludes halogenated alkanes) is 1. The molecule has 2 saturated heterocycles. The Morgan fingerprint density at radius 3 is 2.20 bits per heavy atom. The summed E-state index contributed by atoms with van der Waals surface area (Å²) in [6.45, 7) is 2.86. The first-order chi connectivity index (χ1) is 26.8. The molecule has 6 rings (SSSR count). The van der Waals surface area contributed by atoms with Gasteiger partial charge in [-0.05, 0) is 68.2 Å². The van der Waals surface area contributed by atoms with E-state index in [2.05, 4.69) is 20.9 Å². The van der Waals surface area contributed by atoms with Crippen LogP contribution in [0.1, 0.15) is 102 Å². The van der Waals surface area contributed by atoms with Gasteiger partial charge in [0.05, 0.1) is 0 Å². The normalized spacial score (nSPS) is 24.9. The van der Waals surface area contributed by atoms with E-state index in [-0.39, 0.29) is 36.6 Å². The van der Waals surface area contributed by atoms with Crippen molar-refractivity contribution in [2.24, 2.45) is 11.7 Å². The number of aromatic amines is 1. The fourth-order valence-corrected chi connectivity index (χ4v) is 8.74. The number of benzene rings is 2. The highest BCUT2D eigenvalue weighted by molar-refractivity contribution is 5.98. The SMILES string of the molecule is CCCC[C@@H]1NC(=O)[C@H](Cc2c[nH]c3ccccc23)NC(=O)[C@H](CC2CCCCC2)NC(=O)[C@@H]2CCCN2C(=O)[C@H](CCCN)N(Cc2ccccc2)C1=O. The number of H-pyrrole nitrogens is 1. The lowest BCUT2D eigenvalue weighted by Gasteiger charge is -2.37. The number of para-hydroxylation sites is 1. The largest absolute Gasteiger partial charge is 0.361 e. The van der Waals surface area contributed by atoms with E-state index in [1.165, 1.54) is 0 Å². The summed E-state index contributed by atoms with van der Waals surface area (Å²) in [5.74, 6) is -1.74. The van der Waals surface area contributed by atoms with Gasteiger partial charge in [-0.3, -0.25) is 24.0 Å². The zero-order valence-electron chi connectivity index (χ0n) is 32.3. The molecule has 5 amide bonds. The second kappa shape index (κ2) is 19.2. The summed E-state index contributed by atoms with van der Waals surface area (Å²) in [5, 5.41) is 10.1. The minimum atomic E-state index is -1.04. The molecule has 0 bridgehead atoms. The Hall–Kier alpha value is -4.71. The number of nitrogens with zero attached hydrogens (tertiary/aromatic N) is 2. The maximum atomic E-state index is 15.0. The number of fused-ring (bicyclic) bond motifs is 2. The van der Waals surface area contributed by atoms with E-state index >= 15 is 0 Å². The van der Waals surface area contributed by atoms with Crippen LogP contribution in [-0.2, 0) is 36.9 Å². The highest BCUT2D eigenvalue weighted by atomic mass is 16.2. The molecule has 5 atom stereocenters. The first kappa shape index (κ1) is 40.0. The van der Waals surface area contributed by atoms with E-state index in [9.17, 15) is 24.0 Å². The molecule has 3 fully saturated rings. The lowest BCUT2D eigenvalue weighted by molar-refractivity contribution is -0.151. The van der Waals surface area contributed by atoms with Gasteiger partial charge in [0.2, 0.25) is 29.5 Å². The Bertz CT molecular complexity index is 1770. The molecular weight excluding hydrogens is 695 g/mol. The van der Waals surface area contributed by atoms with Crippen molar-refractivity contribution >= 4 is 40.4 Å². The van der Waals surface area contributed by atoms with Crippen molar-refractivity contribution < 1.29 is 24.0 Å². The molecule has 296 valence electrons. The minimum Gasteiger partial charge on any atom is -0.361 e. The Balaban J connectivity index is 1.43. The van der Waals surface area contributed by atoms with Gasteiger partial charge in [0.15, 0.2) is 0 Å². The van der Waals surface area contributed by atoms with Crippen LogP contribution < -0.4 is 21.7 Å². The molecular formula is C43H59N7O5. The Morgan fingerprint density at radius 2 is 1.44 bits per heavy atom. The van der Waals surface area contributed by atoms with Crippen LogP contribution in [0.3, 0.4) is 0 Å². The van der Waals surface area contributed by atoms with Crippen LogP contribution in [-0.4, -0.2) is 87.6 Å². The third-order valence-corrected chi connectivity index (χ3v) is 11.8. The number of rotatable bonds is 12.